The van der Waals surface area contributed by atoms with Gasteiger partial charge in [-0.3, -0.25) is 0 Å². The molecular weight excluding hydrogens is 428 g/mol. The van der Waals surface area contributed by atoms with Crippen LogP contribution >= 0.6 is 43.2 Å². The van der Waals surface area contributed by atoms with Crippen LogP contribution in [-0.4, -0.2) is 20.5 Å². The SMILES string of the molecule is CC1CCCCC1(CN)NS(=O)(=O)c1cc(Br)sc1Br. The van der Waals surface area contributed by atoms with Crippen molar-refractivity contribution < 1.29 is 8.42 Å². The van der Waals surface area contributed by atoms with Crippen molar-refractivity contribution in [1.82, 2.24) is 4.72 Å². The summed E-state index contributed by atoms with van der Waals surface area (Å²) in [6.45, 7) is 2.41. The summed E-state index contributed by atoms with van der Waals surface area (Å²) in [5, 5.41) is 0. The highest BCUT2D eigenvalue weighted by Crippen LogP contribution is 2.38. The van der Waals surface area contributed by atoms with Crippen molar-refractivity contribution >= 4 is 53.2 Å². The van der Waals surface area contributed by atoms with Gasteiger partial charge in [-0.05, 0) is 56.7 Å². The second kappa shape index (κ2) is 6.34. The molecule has 1 fully saturated rings. The Morgan fingerprint density at radius 3 is 2.70 bits per heavy atom. The van der Waals surface area contributed by atoms with Crippen molar-refractivity contribution in [1.29, 1.82) is 0 Å². The van der Waals surface area contributed by atoms with E-state index in [0.29, 0.717) is 10.3 Å². The Hall–Kier alpha value is 0.530. The Morgan fingerprint density at radius 1 is 1.50 bits per heavy atom. The minimum absolute atomic E-state index is 0.247. The van der Waals surface area contributed by atoms with Crippen LogP contribution in [0.5, 0.6) is 0 Å². The quantitative estimate of drug-likeness (QED) is 0.745. The average molecular weight is 446 g/mol. The fraction of sp³-hybridized carbons (Fsp3) is 0.667. The molecule has 2 unspecified atom stereocenters. The molecule has 2 rings (SSSR count). The number of thiophene rings is 1. The van der Waals surface area contributed by atoms with E-state index in [1.54, 1.807) is 6.07 Å². The summed E-state index contributed by atoms with van der Waals surface area (Å²) in [6.07, 6.45) is 3.96. The third-order valence-corrected chi connectivity index (χ3v) is 8.38. The number of sulfonamides is 1. The second-order valence-electron chi connectivity index (χ2n) is 5.30. The molecule has 1 saturated carbocycles. The van der Waals surface area contributed by atoms with Gasteiger partial charge in [-0.2, -0.15) is 0 Å². The van der Waals surface area contributed by atoms with Gasteiger partial charge in [-0.25, -0.2) is 13.1 Å². The van der Waals surface area contributed by atoms with Crippen molar-refractivity contribution in [2.75, 3.05) is 6.54 Å². The molecule has 0 bridgehead atoms. The predicted molar refractivity (Wildman–Crippen MR) is 89.5 cm³/mol. The van der Waals surface area contributed by atoms with Crippen LogP contribution in [-0.2, 0) is 10.0 Å². The Kier molecular flexibility index (Phi) is 5.35. The molecule has 3 N–H and O–H groups in total. The lowest BCUT2D eigenvalue weighted by molar-refractivity contribution is 0.191. The average Bonchev–Trinajstić information content (AvgIpc) is 2.72. The molecule has 20 heavy (non-hydrogen) atoms. The molecule has 8 heteroatoms. The standard InChI is InChI=1S/C12H18Br2N2O2S2/c1-8-4-2-3-5-12(8,7-15)16-20(17,18)9-6-10(13)19-11(9)14/h6,8,16H,2-5,7,15H2,1H3. The molecule has 0 aliphatic heterocycles. The maximum Gasteiger partial charge on any atom is 0.243 e. The van der Waals surface area contributed by atoms with Crippen LogP contribution in [0.3, 0.4) is 0 Å². The highest BCUT2D eigenvalue weighted by atomic mass is 79.9. The van der Waals surface area contributed by atoms with Crippen molar-refractivity contribution in [3.63, 3.8) is 0 Å². The lowest BCUT2D eigenvalue weighted by atomic mass is 9.74. The Labute approximate surface area is 140 Å². The smallest absolute Gasteiger partial charge is 0.243 e. The fourth-order valence-corrected chi connectivity index (χ4v) is 8.09. The van der Waals surface area contributed by atoms with E-state index in [4.69, 9.17) is 5.73 Å². The zero-order chi connectivity index (χ0) is 15.0. The molecule has 1 aromatic heterocycles. The molecule has 0 spiro atoms. The zero-order valence-corrected chi connectivity index (χ0v) is 16.0. The van der Waals surface area contributed by atoms with Crippen molar-refractivity contribution in [2.24, 2.45) is 11.7 Å². The maximum absolute atomic E-state index is 12.6. The van der Waals surface area contributed by atoms with Gasteiger partial charge in [-0.15, -0.1) is 11.3 Å². The van der Waals surface area contributed by atoms with E-state index in [1.807, 2.05) is 0 Å². The van der Waals surface area contributed by atoms with E-state index in [-0.39, 0.29) is 10.8 Å². The van der Waals surface area contributed by atoms with Crippen molar-refractivity contribution in [3.05, 3.63) is 13.6 Å². The van der Waals surface area contributed by atoms with Crippen molar-refractivity contribution in [3.8, 4) is 0 Å². The number of halogens is 2. The van der Waals surface area contributed by atoms with E-state index >= 15 is 0 Å². The molecule has 4 nitrogen and oxygen atoms in total. The van der Waals surface area contributed by atoms with Gasteiger partial charge in [0.05, 0.1) is 7.57 Å². The van der Waals surface area contributed by atoms with E-state index in [2.05, 4.69) is 43.5 Å². The highest BCUT2D eigenvalue weighted by Gasteiger charge is 2.41. The molecule has 1 aliphatic rings. The van der Waals surface area contributed by atoms with Crippen LogP contribution in [0.25, 0.3) is 0 Å². The summed E-state index contributed by atoms with van der Waals surface area (Å²) in [5.41, 5.74) is 5.39. The van der Waals surface area contributed by atoms with Gasteiger partial charge < -0.3 is 5.73 Å². The molecule has 1 aliphatic carbocycles. The molecule has 0 saturated heterocycles. The van der Waals surface area contributed by atoms with Gasteiger partial charge >= 0.3 is 0 Å². The summed E-state index contributed by atoms with van der Waals surface area (Å²) >= 11 is 7.97. The molecule has 2 atom stereocenters. The predicted octanol–water partition coefficient (Wildman–Crippen LogP) is 3.46. The Balaban J connectivity index is 2.33. The van der Waals surface area contributed by atoms with E-state index < -0.39 is 15.6 Å². The largest absolute Gasteiger partial charge is 0.329 e. The first-order chi connectivity index (χ1) is 9.31. The van der Waals surface area contributed by atoms with Crippen LogP contribution in [0, 0.1) is 5.92 Å². The summed E-state index contributed by atoms with van der Waals surface area (Å²) < 4.78 is 29.5. The number of nitrogens with one attached hydrogen (secondary N) is 1. The van der Waals surface area contributed by atoms with Gasteiger partial charge in [0.25, 0.3) is 0 Å². The van der Waals surface area contributed by atoms with Crippen LogP contribution in [0.2, 0.25) is 0 Å². The number of hydrogen-bond donors (Lipinski definition) is 2. The molecule has 0 radical (unpaired) electrons. The minimum Gasteiger partial charge on any atom is -0.329 e. The van der Waals surface area contributed by atoms with Gasteiger partial charge in [0, 0.05) is 12.1 Å². The van der Waals surface area contributed by atoms with Gasteiger partial charge in [0.1, 0.15) is 4.90 Å². The number of hydrogen-bond acceptors (Lipinski definition) is 4. The van der Waals surface area contributed by atoms with Gasteiger partial charge in [0.2, 0.25) is 10.0 Å². The van der Waals surface area contributed by atoms with E-state index in [1.165, 1.54) is 11.3 Å². The molecule has 0 amide bonds. The first kappa shape index (κ1) is 16.9. The lowest BCUT2D eigenvalue weighted by Crippen LogP contribution is -2.58. The first-order valence-electron chi connectivity index (χ1n) is 6.49. The molecule has 1 heterocycles. The zero-order valence-electron chi connectivity index (χ0n) is 11.2. The van der Waals surface area contributed by atoms with Crippen LogP contribution in [0.4, 0.5) is 0 Å². The van der Waals surface area contributed by atoms with Gasteiger partial charge in [0.15, 0.2) is 0 Å². The highest BCUT2D eigenvalue weighted by molar-refractivity contribution is 9.12. The third-order valence-electron chi connectivity index (χ3n) is 4.07. The molecule has 0 aromatic carbocycles. The monoisotopic (exact) mass is 444 g/mol. The van der Waals surface area contributed by atoms with Crippen LogP contribution in [0.1, 0.15) is 32.6 Å². The van der Waals surface area contributed by atoms with E-state index in [0.717, 1.165) is 29.5 Å². The summed E-state index contributed by atoms with van der Waals surface area (Å²) in [7, 11) is -3.57. The normalized spacial score (nSPS) is 27.7. The fourth-order valence-electron chi connectivity index (χ4n) is 2.74. The van der Waals surface area contributed by atoms with Crippen molar-refractivity contribution in [2.45, 2.75) is 43.0 Å². The summed E-state index contributed by atoms with van der Waals surface area (Å²) in [4.78, 5) is 0.278. The molecule has 1 aromatic rings. The second-order valence-corrected chi connectivity index (χ2v) is 10.7. The Bertz CT molecular complexity index is 588. The maximum atomic E-state index is 12.6. The van der Waals surface area contributed by atoms with Crippen LogP contribution in [0.15, 0.2) is 18.5 Å². The summed E-state index contributed by atoms with van der Waals surface area (Å²) in [6, 6.07) is 1.62. The van der Waals surface area contributed by atoms with Gasteiger partial charge in [-0.1, -0.05) is 19.8 Å². The van der Waals surface area contributed by atoms with E-state index in [9.17, 15) is 8.42 Å². The minimum atomic E-state index is -3.57. The number of nitrogens with two attached hydrogens (primary N) is 1. The summed E-state index contributed by atoms with van der Waals surface area (Å²) in [5.74, 6) is 0.247. The lowest BCUT2D eigenvalue weighted by Gasteiger charge is -2.42. The molecular formula is C12H18Br2N2O2S2. The topological polar surface area (TPSA) is 72.2 Å². The first-order valence-corrected chi connectivity index (χ1v) is 10.4. The van der Waals surface area contributed by atoms with Crippen LogP contribution < -0.4 is 10.5 Å². The molecule has 114 valence electrons. The number of rotatable bonds is 4. The third kappa shape index (κ3) is 3.30. The Morgan fingerprint density at radius 2 is 2.20 bits per heavy atom.